The van der Waals surface area contributed by atoms with Crippen molar-refractivity contribution >= 4 is 22.8 Å². The van der Waals surface area contributed by atoms with Gasteiger partial charge in [-0.25, -0.2) is 8.91 Å². The van der Waals surface area contributed by atoms with Crippen molar-refractivity contribution in [1.29, 1.82) is 10.5 Å². The van der Waals surface area contributed by atoms with Crippen molar-refractivity contribution < 1.29 is 14.3 Å². The topological polar surface area (TPSA) is 152 Å². The molecule has 0 aliphatic heterocycles. The zero-order valence-electron chi connectivity index (χ0n) is 21.9. The number of amides is 1. The summed E-state index contributed by atoms with van der Waals surface area (Å²) in [6, 6.07) is 14.7. The Labute approximate surface area is 224 Å². The van der Waals surface area contributed by atoms with Crippen LogP contribution in [-0.4, -0.2) is 48.9 Å². The summed E-state index contributed by atoms with van der Waals surface area (Å²) >= 11 is 0. The molecule has 3 N–H and O–H groups in total. The van der Waals surface area contributed by atoms with Crippen molar-refractivity contribution in [2.45, 2.75) is 44.9 Å². The molecular weight excluding hydrogens is 499 g/mol. The van der Waals surface area contributed by atoms with Crippen molar-refractivity contribution in [3.05, 3.63) is 71.8 Å². The van der Waals surface area contributed by atoms with E-state index in [1.165, 1.54) is 26.2 Å². The number of alkyl halides is 1. The van der Waals surface area contributed by atoms with Gasteiger partial charge in [-0.15, -0.1) is 0 Å². The number of rotatable bonds is 8. The molecule has 0 radical (unpaired) electrons. The SMILES string of the molecule is CC(C)(C#N)c1ccc(Nc2cc(-c3ccc4cc(C#N)cnn34)ncc2C(=O)NCC(F)C(C)(C)O)cn1. The molecule has 0 aliphatic carbocycles. The molecular formula is C28H27FN8O2. The molecule has 0 bridgehead atoms. The number of aromatic nitrogens is 4. The summed E-state index contributed by atoms with van der Waals surface area (Å²) in [5.41, 5.74) is 1.49. The number of fused-ring (bicyclic) bond motifs is 1. The third-order valence-corrected chi connectivity index (χ3v) is 6.21. The van der Waals surface area contributed by atoms with Gasteiger partial charge in [0.05, 0.1) is 81.1 Å². The largest absolute Gasteiger partial charge is 0.387 e. The van der Waals surface area contributed by atoms with Crippen molar-refractivity contribution in [1.82, 2.24) is 24.9 Å². The van der Waals surface area contributed by atoms with Gasteiger partial charge in [0.2, 0.25) is 0 Å². The zero-order valence-corrected chi connectivity index (χ0v) is 21.9. The van der Waals surface area contributed by atoms with E-state index in [0.717, 1.165) is 0 Å². The predicted octanol–water partition coefficient (Wildman–Crippen LogP) is 4.05. The third-order valence-electron chi connectivity index (χ3n) is 6.21. The maximum Gasteiger partial charge on any atom is 0.255 e. The molecule has 0 saturated carbocycles. The van der Waals surface area contributed by atoms with Gasteiger partial charge in [-0.2, -0.15) is 15.6 Å². The second-order valence-electron chi connectivity index (χ2n) is 10.2. The first kappa shape index (κ1) is 27.2. The van der Waals surface area contributed by atoms with Crippen LogP contribution < -0.4 is 10.6 Å². The minimum atomic E-state index is -1.68. The lowest BCUT2D eigenvalue weighted by atomic mass is 9.91. The summed E-state index contributed by atoms with van der Waals surface area (Å²) in [6.07, 6.45) is 2.69. The van der Waals surface area contributed by atoms with E-state index in [1.54, 1.807) is 61.0 Å². The van der Waals surface area contributed by atoms with Crippen molar-refractivity contribution in [2.75, 3.05) is 11.9 Å². The molecule has 0 aliphatic rings. The van der Waals surface area contributed by atoms with Crippen LogP contribution in [-0.2, 0) is 5.41 Å². The average molecular weight is 527 g/mol. The quantitative estimate of drug-likeness (QED) is 0.311. The summed E-state index contributed by atoms with van der Waals surface area (Å²) in [7, 11) is 0. The van der Waals surface area contributed by atoms with Crippen molar-refractivity contribution in [3.63, 3.8) is 0 Å². The number of hydrogen-bond acceptors (Lipinski definition) is 8. The van der Waals surface area contributed by atoms with E-state index in [9.17, 15) is 19.6 Å². The molecule has 4 rings (SSSR count). The van der Waals surface area contributed by atoms with Gasteiger partial charge >= 0.3 is 0 Å². The summed E-state index contributed by atoms with van der Waals surface area (Å²) in [6.45, 7) is 5.79. The Bertz CT molecular complexity index is 1610. The van der Waals surface area contributed by atoms with E-state index in [0.29, 0.717) is 39.5 Å². The molecule has 1 unspecified atom stereocenters. The van der Waals surface area contributed by atoms with E-state index in [1.807, 2.05) is 0 Å². The summed E-state index contributed by atoms with van der Waals surface area (Å²) in [5.74, 6) is -0.588. The Hall–Kier alpha value is -4.87. The third kappa shape index (κ3) is 5.84. The molecule has 10 nitrogen and oxygen atoms in total. The Morgan fingerprint density at radius 1 is 1.10 bits per heavy atom. The second kappa shape index (κ2) is 10.5. The van der Waals surface area contributed by atoms with Gasteiger partial charge in [0.25, 0.3) is 5.91 Å². The Kier molecular flexibility index (Phi) is 7.30. The Balaban J connectivity index is 1.71. The van der Waals surface area contributed by atoms with Gasteiger partial charge in [0.15, 0.2) is 0 Å². The van der Waals surface area contributed by atoms with Crippen LogP contribution in [0.15, 0.2) is 55.0 Å². The fraction of sp³-hybridized carbons (Fsp3) is 0.286. The first-order chi connectivity index (χ1) is 18.4. The second-order valence-corrected chi connectivity index (χ2v) is 10.2. The molecule has 11 heteroatoms. The van der Waals surface area contributed by atoms with Crippen molar-refractivity contribution in [2.24, 2.45) is 0 Å². The van der Waals surface area contributed by atoms with E-state index >= 15 is 0 Å². The highest BCUT2D eigenvalue weighted by molar-refractivity contribution is 6.00. The molecule has 0 aromatic carbocycles. The number of nitrogens with one attached hydrogen (secondary N) is 2. The first-order valence-electron chi connectivity index (χ1n) is 12.1. The Morgan fingerprint density at radius 3 is 2.51 bits per heavy atom. The Morgan fingerprint density at radius 2 is 1.87 bits per heavy atom. The highest BCUT2D eigenvalue weighted by Gasteiger charge is 2.27. The number of pyridine rings is 2. The number of nitriles is 2. The van der Waals surface area contributed by atoms with Crippen LogP contribution in [0.2, 0.25) is 0 Å². The molecule has 0 saturated heterocycles. The normalized spacial score (nSPS) is 12.4. The van der Waals surface area contributed by atoms with E-state index in [4.69, 9.17) is 5.26 Å². The monoisotopic (exact) mass is 526 g/mol. The van der Waals surface area contributed by atoms with Crippen LogP contribution in [0.4, 0.5) is 15.8 Å². The summed E-state index contributed by atoms with van der Waals surface area (Å²) in [5, 5.41) is 38.4. The summed E-state index contributed by atoms with van der Waals surface area (Å²) in [4.78, 5) is 21.9. The lowest BCUT2D eigenvalue weighted by molar-refractivity contribution is -0.00177. The van der Waals surface area contributed by atoms with Gasteiger partial charge < -0.3 is 15.7 Å². The van der Waals surface area contributed by atoms with Crippen LogP contribution in [0.25, 0.3) is 16.9 Å². The number of aliphatic hydroxyl groups is 1. The van der Waals surface area contributed by atoms with Crippen LogP contribution in [0, 0.1) is 22.7 Å². The molecule has 198 valence electrons. The number of anilines is 2. The molecule has 4 heterocycles. The summed E-state index contributed by atoms with van der Waals surface area (Å²) < 4.78 is 15.9. The molecule has 39 heavy (non-hydrogen) atoms. The van der Waals surface area contributed by atoms with Gasteiger partial charge in [0.1, 0.15) is 12.2 Å². The number of nitrogens with zero attached hydrogens (tertiary/aromatic N) is 6. The molecule has 1 atom stereocenters. The van der Waals surface area contributed by atoms with Gasteiger partial charge in [-0.1, -0.05) is 0 Å². The van der Waals surface area contributed by atoms with Crippen LogP contribution in [0.1, 0.15) is 49.3 Å². The molecule has 4 aromatic heterocycles. The molecule has 1 amide bonds. The van der Waals surface area contributed by atoms with Crippen molar-refractivity contribution in [3.8, 4) is 23.5 Å². The maximum atomic E-state index is 14.3. The fourth-order valence-electron chi connectivity index (χ4n) is 3.71. The lowest BCUT2D eigenvalue weighted by Crippen LogP contribution is -2.42. The standard InChI is InChI=1S/C28H27FN8O2/c1-27(2,16-31)25-8-5-18(13-33-25)36-21-10-22(23-7-6-19-9-17(11-30)12-35-37(19)23)32-14-20(21)26(38)34-15-24(29)28(3,4)39/h5-10,12-14,24,39H,15H2,1-4H3,(H,32,36)(H,34,38). The minimum absolute atomic E-state index is 0.142. The number of carbonyl (C=O) groups is 1. The van der Waals surface area contributed by atoms with Crippen LogP contribution >= 0.6 is 0 Å². The van der Waals surface area contributed by atoms with E-state index in [2.05, 4.69) is 37.8 Å². The van der Waals surface area contributed by atoms with Crippen LogP contribution in [0.5, 0.6) is 0 Å². The minimum Gasteiger partial charge on any atom is -0.387 e. The van der Waals surface area contributed by atoms with Gasteiger partial charge in [-0.05, 0) is 64.1 Å². The molecule has 0 spiro atoms. The number of hydrogen-bond donors (Lipinski definition) is 3. The van der Waals surface area contributed by atoms with E-state index < -0.39 is 29.6 Å². The van der Waals surface area contributed by atoms with E-state index in [-0.39, 0.29) is 5.56 Å². The number of carbonyl (C=O) groups excluding carboxylic acids is 1. The van der Waals surface area contributed by atoms with Crippen LogP contribution in [0.3, 0.4) is 0 Å². The lowest BCUT2D eigenvalue weighted by Gasteiger charge is -2.22. The van der Waals surface area contributed by atoms with Gasteiger partial charge in [0, 0.05) is 6.20 Å². The molecule has 4 aromatic rings. The maximum absolute atomic E-state index is 14.3. The highest BCUT2D eigenvalue weighted by atomic mass is 19.1. The average Bonchev–Trinajstić information content (AvgIpc) is 3.34. The highest BCUT2D eigenvalue weighted by Crippen LogP contribution is 2.28. The number of halogens is 1. The molecule has 0 fully saturated rings. The van der Waals surface area contributed by atoms with Gasteiger partial charge in [-0.3, -0.25) is 14.8 Å². The zero-order chi connectivity index (χ0) is 28.4. The predicted molar refractivity (Wildman–Crippen MR) is 143 cm³/mol. The fourth-order valence-corrected chi connectivity index (χ4v) is 3.71. The smallest absolute Gasteiger partial charge is 0.255 e. The first-order valence-corrected chi connectivity index (χ1v) is 12.1.